The molecule has 8 rings (SSSR count). The summed E-state index contributed by atoms with van der Waals surface area (Å²) in [6.45, 7) is 8.97. The quantitative estimate of drug-likeness (QED) is 0.0582. The van der Waals surface area contributed by atoms with Gasteiger partial charge in [0, 0.05) is 54.2 Å². The Morgan fingerprint density at radius 1 is 0.681 bits per heavy atom. The first-order valence-electron chi connectivity index (χ1n) is 24.0. The highest BCUT2D eigenvalue weighted by atomic mass is 19.1. The van der Waals surface area contributed by atoms with Gasteiger partial charge < -0.3 is 55.6 Å². The van der Waals surface area contributed by atoms with Crippen molar-refractivity contribution in [1.82, 2.24) is 16.0 Å². The zero-order valence-electron chi connectivity index (χ0n) is 39.8. The highest BCUT2D eigenvalue weighted by Crippen LogP contribution is 2.47. The molecule has 16 heteroatoms. The Kier molecular flexibility index (Phi) is 17.9. The molecule has 2 saturated carbocycles. The van der Waals surface area contributed by atoms with Gasteiger partial charge in [0.2, 0.25) is 0 Å². The van der Waals surface area contributed by atoms with E-state index in [-0.39, 0.29) is 36.4 Å². The van der Waals surface area contributed by atoms with Crippen LogP contribution in [0.4, 0.5) is 22.4 Å². The van der Waals surface area contributed by atoms with E-state index in [0.29, 0.717) is 63.6 Å². The molecule has 7 N–H and O–H groups in total. The van der Waals surface area contributed by atoms with E-state index in [1.165, 1.54) is 41.0 Å². The smallest absolute Gasteiger partial charge is 0.407 e. The maximum absolute atomic E-state index is 13.8. The summed E-state index contributed by atoms with van der Waals surface area (Å²) >= 11 is 0. The van der Waals surface area contributed by atoms with Crippen LogP contribution in [0, 0.1) is 23.3 Å². The summed E-state index contributed by atoms with van der Waals surface area (Å²) in [5.74, 6) is -2.15. The minimum absolute atomic E-state index is 0.0308. The predicted octanol–water partition coefficient (Wildman–Crippen LogP) is 7.47. The number of carbonyl (C=O) groups is 1. The number of carbonyl (C=O) groups excluding carboxylic acids is 1. The molecule has 69 heavy (non-hydrogen) atoms. The summed E-state index contributed by atoms with van der Waals surface area (Å²) in [5, 5.41) is 31.3. The van der Waals surface area contributed by atoms with Gasteiger partial charge in [0.1, 0.15) is 42.5 Å². The van der Waals surface area contributed by atoms with Crippen LogP contribution in [0.3, 0.4) is 0 Å². The summed E-state index contributed by atoms with van der Waals surface area (Å²) in [7, 11) is 0. The van der Waals surface area contributed by atoms with Crippen molar-refractivity contribution in [3.8, 4) is 0 Å². The number of aliphatic hydroxyl groups is 2. The van der Waals surface area contributed by atoms with Gasteiger partial charge in [-0.25, -0.2) is 22.4 Å². The number of alkyl carbamates (subject to hydrolysis) is 1. The van der Waals surface area contributed by atoms with Crippen LogP contribution in [0.15, 0.2) is 84.9 Å². The Labute approximate surface area is 402 Å². The number of nitrogens with two attached hydrogens (primary N) is 1. The van der Waals surface area contributed by atoms with Crippen LogP contribution in [0.1, 0.15) is 105 Å². The first-order chi connectivity index (χ1) is 33.0. The molecule has 2 aliphatic heterocycles. The summed E-state index contributed by atoms with van der Waals surface area (Å²) < 4.78 is 81.7. The molecule has 6 atom stereocenters. The Morgan fingerprint density at radius 2 is 1.13 bits per heavy atom. The van der Waals surface area contributed by atoms with Crippen LogP contribution in [-0.4, -0.2) is 99.3 Å². The highest BCUT2D eigenvalue weighted by molar-refractivity contribution is 5.68. The van der Waals surface area contributed by atoms with Crippen molar-refractivity contribution >= 4 is 6.09 Å². The fourth-order valence-corrected chi connectivity index (χ4v) is 9.08. The van der Waals surface area contributed by atoms with Gasteiger partial charge in [0.25, 0.3) is 0 Å². The van der Waals surface area contributed by atoms with Gasteiger partial charge in [-0.1, -0.05) is 48.5 Å². The maximum atomic E-state index is 13.8. The number of halogens is 4. The molecule has 0 bridgehead atoms. The van der Waals surface area contributed by atoms with Crippen molar-refractivity contribution in [2.75, 3.05) is 53.1 Å². The van der Waals surface area contributed by atoms with E-state index in [9.17, 15) is 32.6 Å². The molecule has 4 fully saturated rings. The predicted molar refractivity (Wildman–Crippen MR) is 252 cm³/mol. The third kappa shape index (κ3) is 15.5. The SMILES string of the molecule is CC(C)(C)OC(=O)NC(Cc1cc(F)cc(F)c1)C(O)CNC1(c2cccc(C3CCOCOC3)c2)CC1.NC(Cc1cc(F)cc(F)c1)C(O)CNC1(c2cccc(C3CCOCOC3)c2)CC1. The number of hydrogen-bond acceptors (Lipinski definition) is 11. The molecule has 376 valence electrons. The Hall–Kier alpha value is -4.49. The van der Waals surface area contributed by atoms with Gasteiger partial charge in [-0.2, -0.15) is 0 Å². The molecule has 1 amide bonds. The molecular weight excluding hydrogens is 897 g/mol. The standard InChI is InChI=1S/C29H38F2N2O5.C24H30F2N2O3/c1-28(2,3)38-27(35)33-25(13-19-11-23(30)15-24(31)12-19)26(34)16-32-29(8-9-29)22-6-4-5-20(14-22)21-7-10-36-18-37-17-21;25-20-8-16(9-21(26)12-20)10-22(27)23(29)13-28-24(5-6-24)19-3-1-2-17(11-19)18-4-7-30-15-31-14-18/h4-6,11-12,14-15,21,25-26,32,34H,7-10,13,16-18H2,1-3H3,(H,33,35);1-3,8-9,11-12,18,22-23,28-29H,4-7,10,13-15,27H2. The second-order valence-corrected chi connectivity index (χ2v) is 20.0. The van der Waals surface area contributed by atoms with Crippen molar-refractivity contribution in [2.24, 2.45) is 5.73 Å². The molecule has 2 saturated heterocycles. The molecule has 4 aliphatic rings. The van der Waals surface area contributed by atoms with Gasteiger partial charge in [-0.05, 0) is 130 Å². The van der Waals surface area contributed by atoms with Gasteiger partial charge in [0.15, 0.2) is 0 Å². The fourth-order valence-electron chi connectivity index (χ4n) is 9.08. The number of ether oxygens (including phenoxy) is 5. The van der Waals surface area contributed by atoms with Crippen molar-refractivity contribution in [3.05, 3.63) is 142 Å². The molecule has 4 aromatic rings. The number of benzene rings is 4. The summed E-state index contributed by atoms with van der Waals surface area (Å²) in [5.41, 5.74) is 10.5. The highest BCUT2D eigenvalue weighted by Gasteiger charge is 2.46. The second-order valence-electron chi connectivity index (χ2n) is 20.0. The van der Waals surface area contributed by atoms with Crippen LogP contribution < -0.4 is 21.7 Å². The average molecular weight is 965 g/mol. The number of nitrogens with one attached hydrogen (secondary N) is 3. The van der Waals surface area contributed by atoms with Crippen molar-refractivity contribution < 1.29 is 56.3 Å². The Balaban J connectivity index is 0.000000208. The molecule has 4 aromatic carbocycles. The molecule has 2 heterocycles. The number of aliphatic hydroxyl groups excluding tert-OH is 2. The topological polar surface area (TPSA) is 166 Å². The average Bonchev–Trinajstić information content (AvgIpc) is 4.21. The third-order valence-corrected chi connectivity index (χ3v) is 13.2. The minimum atomic E-state index is -1.04. The van der Waals surface area contributed by atoms with E-state index < -0.39 is 59.3 Å². The number of amides is 1. The molecular formula is C53H68F4N4O8. The normalized spacial score (nSPS) is 21.5. The second kappa shape index (κ2) is 23.6. The lowest BCUT2D eigenvalue weighted by Gasteiger charge is -2.29. The van der Waals surface area contributed by atoms with Crippen LogP contribution in [0.25, 0.3) is 0 Å². The zero-order chi connectivity index (χ0) is 49.2. The van der Waals surface area contributed by atoms with E-state index in [1.807, 2.05) is 6.07 Å². The summed E-state index contributed by atoms with van der Waals surface area (Å²) in [6.07, 6.45) is 3.25. The molecule has 0 aromatic heterocycles. The number of rotatable bonds is 17. The van der Waals surface area contributed by atoms with Gasteiger partial charge >= 0.3 is 6.09 Å². The maximum Gasteiger partial charge on any atom is 0.407 e. The van der Waals surface area contributed by atoms with Crippen molar-refractivity contribution in [1.29, 1.82) is 0 Å². The van der Waals surface area contributed by atoms with E-state index in [2.05, 4.69) is 58.4 Å². The van der Waals surface area contributed by atoms with Crippen LogP contribution in [0.5, 0.6) is 0 Å². The summed E-state index contributed by atoms with van der Waals surface area (Å²) in [6, 6.07) is 22.0. The van der Waals surface area contributed by atoms with E-state index in [0.717, 1.165) is 56.2 Å². The first kappa shape index (κ1) is 52.3. The van der Waals surface area contributed by atoms with Crippen molar-refractivity contribution in [3.63, 3.8) is 0 Å². The third-order valence-electron chi connectivity index (χ3n) is 13.2. The van der Waals surface area contributed by atoms with Gasteiger partial charge in [-0.3, -0.25) is 0 Å². The van der Waals surface area contributed by atoms with Crippen LogP contribution in [0.2, 0.25) is 0 Å². The molecule has 2 aliphatic carbocycles. The lowest BCUT2D eigenvalue weighted by molar-refractivity contribution is -0.0332. The first-order valence-corrected chi connectivity index (χ1v) is 24.0. The lowest BCUT2D eigenvalue weighted by atomic mass is 9.92. The largest absolute Gasteiger partial charge is 0.444 e. The summed E-state index contributed by atoms with van der Waals surface area (Å²) in [4.78, 5) is 12.5. The molecule has 6 unspecified atom stereocenters. The molecule has 0 spiro atoms. The van der Waals surface area contributed by atoms with Gasteiger partial charge in [0.05, 0.1) is 44.7 Å². The van der Waals surface area contributed by atoms with E-state index >= 15 is 0 Å². The molecule has 12 nitrogen and oxygen atoms in total. The van der Waals surface area contributed by atoms with E-state index in [4.69, 9.17) is 29.4 Å². The number of hydrogen-bond donors (Lipinski definition) is 6. The Bertz CT molecular complexity index is 2250. The van der Waals surface area contributed by atoms with Crippen LogP contribution >= 0.6 is 0 Å². The minimum Gasteiger partial charge on any atom is -0.444 e. The van der Waals surface area contributed by atoms with Crippen LogP contribution in [-0.2, 0) is 47.6 Å². The molecule has 0 radical (unpaired) electrons. The zero-order valence-corrected chi connectivity index (χ0v) is 39.8. The Morgan fingerprint density at radius 3 is 1.58 bits per heavy atom. The monoisotopic (exact) mass is 964 g/mol. The van der Waals surface area contributed by atoms with Gasteiger partial charge in [-0.15, -0.1) is 0 Å². The fraction of sp³-hybridized carbons (Fsp3) is 0.528. The van der Waals surface area contributed by atoms with Crippen molar-refractivity contribution in [2.45, 2.75) is 125 Å². The lowest BCUT2D eigenvalue weighted by Crippen LogP contribution is -2.51. The van der Waals surface area contributed by atoms with E-state index in [1.54, 1.807) is 20.8 Å².